The standard InChI is InChI=1S/C17H25FN2O/c1-3-10-20(12-15-6-4-5-9-19-15)17(21)14-8-7-13(2)16(18)11-14/h7-8,11,15,19H,3-6,9-10,12H2,1-2H3. The van der Waals surface area contributed by atoms with E-state index in [0.29, 0.717) is 30.3 Å². The number of hydrogen-bond donors (Lipinski definition) is 1. The number of halogens is 1. The Bertz CT molecular complexity index is 484. The van der Waals surface area contributed by atoms with Crippen LogP contribution in [0.25, 0.3) is 0 Å². The number of aryl methyl sites for hydroxylation is 1. The predicted octanol–water partition coefficient (Wildman–Crippen LogP) is 3.13. The average molecular weight is 292 g/mol. The van der Waals surface area contributed by atoms with Gasteiger partial charge in [-0.25, -0.2) is 4.39 Å². The minimum atomic E-state index is -0.312. The summed E-state index contributed by atoms with van der Waals surface area (Å²) in [4.78, 5) is 14.5. The molecule has 4 heteroatoms. The summed E-state index contributed by atoms with van der Waals surface area (Å²) in [5, 5.41) is 3.47. The second kappa shape index (κ2) is 7.55. The predicted molar refractivity (Wildman–Crippen MR) is 83.0 cm³/mol. The van der Waals surface area contributed by atoms with Crippen molar-refractivity contribution in [3.05, 3.63) is 35.1 Å². The van der Waals surface area contributed by atoms with Gasteiger partial charge in [-0.05, 0) is 50.4 Å². The van der Waals surface area contributed by atoms with Crippen molar-refractivity contribution in [1.29, 1.82) is 0 Å². The maximum atomic E-state index is 13.7. The lowest BCUT2D eigenvalue weighted by Gasteiger charge is -2.30. The first-order valence-electron chi connectivity index (χ1n) is 7.90. The average Bonchev–Trinajstić information content (AvgIpc) is 2.50. The van der Waals surface area contributed by atoms with Gasteiger partial charge in [0.2, 0.25) is 0 Å². The number of amides is 1. The van der Waals surface area contributed by atoms with Crippen molar-refractivity contribution < 1.29 is 9.18 Å². The van der Waals surface area contributed by atoms with Gasteiger partial charge in [0.05, 0.1) is 0 Å². The topological polar surface area (TPSA) is 32.3 Å². The zero-order valence-corrected chi connectivity index (χ0v) is 13.0. The first kappa shape index (κ1) is 16.0. The van der Waals surface area contributed by atoms with E-state index >= 15 is 0 Å². The molecule has 1 aromatic carbocycles. The number of benzene rings is 1. The zero-order valence-electron chi connectivity index (χ0n) is 13.0. The molecule has 0 bridgehead atoms. The fourth-order valence-electron chi connectivity index (χ4n) is 2.80. The summed E-state index contributed by atoms with van der Waals surface area (Å²) >= 11 is 0. The number of rotatable bonds is 5. The van der Waals surface area contributed by atoms with Crippen LogP contribution < -0.4 is 5.32 Å². The molecule has 1 atom stereocenters. The molecule has 1 aromatic rings. The number of piperidine rings is 1. The summed E-state index contributed by atoms with van der Waals surface area (Å²) in [6, 6.07) is 5.11. The molecule has 3 nitrogen and oxygen atoms in total. The van der Waals surface area contributed by atoms with E-state index in [-0.39, 0.29) is 11.7 Å². The molecule has 1 heterocycles. The minimum Gasteiger partial charge on any atom is -0.337 e. The van der Waals surface area contributed by atoms with Gasteiger partial charge < -0.3 is 10.2 Å². The molecule has 2 rings (SSSR count). The Balaban J connectivity index is 2.08. The molecule has 0 aliphatic carbocycles. The molecule has 1 aliphatic rings. The van der Waals surface area contributed by atoms with Crippen LogP contribution in [0.1, 0.15) is 48.5 Å². The molecule has 1 N–H and O–H groups in total. The summed E-state index contributed by atoms with van der Waals surface area (Å²) in [6.07, 6.45) is 4.44. The highest BCUT2D eigenvalue weighted by molar-refractivity contribution is 5.94. The van der Waals surface area contributed by atoms with Crippen LogP contribution in [0, 0.1) is 12.7 Å². The van der Waals surface area contributed by atoms with Gasteiger partial charge in [0, 0.05) is 24.7 Å². The van der Waals surface area contributed by atoms with Gasteiger partial charge in [-0.2, -0.15) is 0 Å². The summed E-state index contributed by atoms with van der Waals surface area (Å²) in [7, 11) is 0. The molecular formula is C17H25FN2O. The molecular weight excluding hydrogens is 267 g/mol. The van der Waals surface area contributed by atoms with Gasteiger partial charge in [0.1, 0.15) is 5.82 Å². The van der Waals surface area contributed by atoms with Crippen LogP contribution >= 0.6 is 0 Å². The van der Waals surface area contributed by atoms with E-state index in [1.807, 2.05) is 4.90 Å². The minimum absolute atomic E-state index is 0.0666. The van der Waals surface area contributed by atoms with E-state index in [2.05, 4.69) is 12.2 Å². The highest BCUT2D eigenvalue weighted by Gasteiger charge is 2.21. The van der Waals surface area contributed by atoms with E-state index in [1.165, 1.54) is 18.9 Å². The lowest BCUT2D eigenvalue weighted by atomic mass is 10.0. The van der Waals surface area contributed by atoms with Crippen LogP contribution in [-0.2, 0) is 0 Å². The van der Waals surface area contributed by atoms with E-state index in [1.54, 1.807) is 19.1 Å². The normalized spacial score (nSPS) is 18.5. The van der Waals surface area contributed by atoms with Crippen molar-refractivity contribution in [2.75, 3.05) is 19.6 Å². The Morgan fingerprint density at radius 3 is 2.86 bits per heavy atom. The van der Waals surface area contributed by atoms with Crippen LogP contribution in [-0.4, -0.2) is 36.5 Å². The van der Waals surface area contributed by atoms with Gasteiger partial charge in [-0.1, -0.05) is 19.4 Å². The zero-order chi connectivity index (χ0) is 15.2. The highest BCUT2D eigenvalue weighted by atomic mass is 19.1. The third-order valence-corrected chi connectivity index (χ3v) is 4.05. The van der Waals surface area contributed by atoms with E-state index in [4.69, 9.17) is 0 Å². The molecule has 1 saturated heterocycles. The Hall–Kier alpha value is -1.42. The molecule has 0 spiro atoms. The number of carbonyl (C=O) groups excluding carboxylic acids is 1. The van der Waals surface area contributed by atoms with Gasteiger partial charge in [0.15, 0.2) is 0 Å². The number of carbonyl (C=O) groups is 1. The Morgan fingerprint density at radius 1 is 1.43 bits per heavy atom. The molecule has 1 fully saturated rings. The van der Waals surface area contributed by atoms with E-state index in [9.17, 15) is 9.18 Å². The third kappa shape index (κ3) is 4.27. The van der Waals surface area contributed by atoms with Crippen molar-refractivity contribution >= 4 is 5.91 Å². The second-order valence-electron chi connectivity index (χ2n) is 5.86. The van der Waals surface area contributed by atoms with Crippen molar-refractivity contribution in [2.45, 2.75) is 45.6 Å². The summed E-state index contributed by atoms with van der Waals surface area (Å²) in [6.45, 7) is 6.22. The fourth-order valence-corrected chi connectivity index (χ4v) is 2.80. The van der Waals surface area contributed by atoms with Crippen molar-refractivity contribution in [1.82, 2.24) is 10.2 Å². The molecule has 1 aliphatic heterocycles. The van der Waals surface area contributed by atoms with Crippen LogP contribution in [0.3, 0.4) is 0 Å². The van der Waals surface area contributed by atoms with Crippen LogP contribution in [0.2, 0.25) is 0 Å². The summed E-state index contributed by atoms with van der Waals surface area (Å²) in [5.74, 6) is -0.379. The smallest absolute Gasteiger partial charge is 0.254 e. The molecule has 1 unspecified atom stereocenters. The lowest BCUT2D eigenvalue weighted by Crippen LogP contribution is -2.46. The Kier molecular flexibility index (Phi) is 5.74. The van der Waals surface area contributed by atoms with Crippen molar-refractivity contribution in [3.8, 4) is 0 Å². The third-order valence-electron chi connectivity index (χ3n) is 4.05. The van der Waals surface area contributed by atoms with E-state index < -0.39 is 0 Å². The molecule has 0 aromatic heterocycles. The summed E-state index contributed by atoms with van der Waals surface area (Å²) < 4.78 is 13.7. The largest absolute Gasteiger partial charge is 0.337 e. The van der Waals surface area contributed by atoms with Crippen LogP contribution in [0.4, 0.5) is 4.39 Å². The monoisotopic (exact) mass is 292 g/mol. The SMILES string of the molecule is CCCN(CC1CCCCN1)C(=O)c1ccc(C)c(F)c1. The quantitative estimate of drug-likeness (QED) is 0.904. The molecule has 1 amide bonds. The number of nitrogens with zero attached hydrogens (tertiary/aromatic N) is 1. The maximum Gasteiger partial charge on any atom is 0.254 e. The molecule has 0 saturated carbocycles. The van der Waals surface area contributed by atoms with Crippen LogP contribution in [0.15, 0.2) is 18.2 Å². The fraction of sp³-hybridized carbons (Fsp3) is 0.588. The van der Waals surface area contributed by atoms with Gasteiger partial charge in [-0.3, -0.25) is 4.79 Å². The molecule has 21 heavy (non-hydrogen) atoms. The second-order valence-corrected chi connectivity index (χ2v) is 5.86. The van der Waals surface area contributed by atoms with Gasteiger partial charge in [0.25, 0.3) is 5.91 Å². The first-order chi connectivity index (χ1) is 10.1. The van der Waals surface area contributed by atoms with Gasteiger partial charge in [-0.15, -0.1) is 0 Å². The molecule has 116 valence electrons. The highest BCUT2D eigenvalue weighted by Crippen LogP contribution is 2.14. The number of hydrogen-bond acceptors (Lipinski definition) is 2. The summed E-state index contributed by atoms with van der Waals surface area (Å²) in [5.41, 5.74) is 1.02. The van der Waals surface area contributed by atoms with Crippen molar-refractivity contribution in [2.24, 2.45) is 0 Å². The lowest BCUT2D eigenvalue weighted by molar-refractivity contribution is 0.0731. The first-order valence-corrected chi connectivity index (χ1v) is 7.90. The van der Waals surface area contributed by atoms with Crippen molar-refractivity contribution in [3.63, 3.8) is 0 Å². The Labute approximate surface area is 126 Å². The molecule has 0 radical (unpaired) electrons. The number of nitrogens with one attached hydrogen (secondary N) is 1. The van der Waals surface area contributed by atoms with Crippen LogP contribution in [0.5, 0.6) is 0 Å². The maximum absolute atomic E-state index is 13.7. The van der Waals surface area contributed by atoms with Gasteiger partial charge >= 0.3 is 0 Å². The Morgan fingerprint density at radius 2 is 2.24 bits per heavy atom. The van der Waals surface area contributed by atoms with E-state index in [0.717, 1.165) is 19.4 Å².